The van der Waals surface area contributed by atoms with Gasteiger partial charge in [0.25, 0.3) is 11.8 Å². The highest BCUT2D eigenvalue weighted by molar-refractivity contribution is 7.80. The fraction of sp³-hybridized carbons (Fsp3) is 0.0435. The highest BCUT2D eigenvalue weighted by atomic mass is 32.1. The molecule has 1 fully saturated rings. The number of anilines is 1. The molecule has 172 valence electrons. The Morgan fingerprint density at radius 2 is 1.71 bits per heavy atom. The van der Waals surface area contributed by atoms with E-state index in [4.69, 9.17) is 17.3 Å². The molecule has 11 heteroatoms. The van der Waals surface area contributed by atoms with Crippen molar-refractivity contribution < 1.29 is 32.7 Å². The molecule has 0 aliphatic carbocycles. The first-order valence-electron chi connectivity index (χ1n) is 9.66. The molecular weight excluding hydrogens is 471 g/mol. The molecule has 3 aromatic rings. The van der Waals surface area contributed by atoms with Gasteiger partial charge in [-0.1, -0.05) is 6.07 Å². The normalized spacial score (nSPS) is 15.6. The maximum Gasteiger partial charge on any atom is 0.416 e. The average Bonchev–Trinajstić information content (AvgIpc) is 3.25. The van der Waals surface area contributed by atoms with Crippen LogP contribution in [0.4, 0.5) is 18.9 Å². The van der Waals surface area contributed by atoms with Gasteiger partial charge in [-0.25, -0.2) is 4.79 Å². The van der Waals surface area contributed by atoms with Crippen LogP contribution >= 0.6 is 12.2 Å². The van der Waals surface area contributed by atoms with E-state index >= 15 is 0 Å². The number of aromatic carboxylic acids is 1. The summed E-state index contributed by atoms with van der Waals surface area (Å²) in [5.74, 6) is -2.69. The number of aromatic nitrogens is 1. The van der Waals surface area contributed by atoms with Crippen LogP contribution < -0.4 is 10.2 Å². The SMILES string of the molecule is O=C1NC(=S)N(c2ccc(C(=O)O)cc2)C(=O)/C1=C/c1cccn1-c1cccc(C(F)(F)F)c1. The predicted octanol–water partition coefficient (Wildman–Crippen LogP) is 4.03. The lowest BCUT2D eigenvalue weighted by molar-refractivity contribution is -0.137. The Labute approximate surface area is 195 Å². The van der Waals surface area contributed by atoms with Crippen LogP contribution in [0, 0.1) is 0 Å². The number of amides is 2. The first kappa shape index (κ1) is 22.9. The second kappa shape index (κ2) is 8.60. The van der Waals surface area contributed by atoms with Gasteiger partial charge < -0.3 is 9.67 Å². The van der Waals surface area contributed by atoms with Gasteiger partial charge >= 0.3 is 12.1 Å². The third kappa shape index (κ3) is 4.33. The van der Waals surface area contributed by atoms with E-state index in [9.17, 15) is 27.6 Å². The van der Waals surface area contributed by atoms with E-state index in [1.54, 1.807) is 6.07 Å². The predicted molar refractivity (Wildman–Crippen MR) is 120 cm³/mol. The van der Waals surface area contributed by atoms with Crippen molar-refractivity contribution in [2.75, 3.05) is 4.90 Å². The first-order valence-corrected chi connectivity index (χ1v) is 10.1. The van der Waals surface area contributed by atoms with Gasteiger partial charge in [0.05, 0.1) is 16.8 Å². The molecule has 34 heavy (non-hydrogen) atoms. The lowest BCUT2D eigenvalue weighted by Gasteiger charge is -2.29. The summed E-state index contributed by atoms with van der Waals surface area (Å²) in [6.45, 7) is 0. The minimum absolute atomic E-state index is 0.00200. The van der Waals surface area contributed by atoms with Gasteiger partial charge in [-0.3, -0.25) is 19.8 Å². The number of halogens is 3. The first-order chi connectivity index (χ1) is 16.1. The van der Waals surface area contributed by atoms with Gasteiger partial charge in [-0.2, -0.15) is 13.2 Å². The Bertz CT molecular complexity index is 1360. The summed E-state index contributed by atoms with van der Waals surface area (Å²) >= 11 is 5.12. The molecule has 1 aliphatic heterocycles. The molecular formula is C23H14F3N3O4S. The van der Waals surface area contributed by atoms with Crippen LogP contribution in [0.25, 0.3) is 11.8 Å². The zero-order valence-electron chi connectivity index (χ0n) is 17.0. The van der Waals surface area contributed by atoms with Crippen LogP contribution in [0.2, 0.25) is 0 Å². The van der Waals surface area contributed by atoms with Gasteiger partial charge in [0.2, 0.25) is 0 Å². The molecule has 0 radical (unpaired) electrons. The van der Waals surface area contributed by atoms with Crippen molar-refractivity contribution in [3.05, 3.63) is 89.3 Å². The maximum atomic E-state index is 13.2. The van der Waals surface area contributed by atoms with Gasteiger partial charge in [-0.15, -0.1) is 0 Å². The Kier molecular flexibility index (Phi) is 5.80. The Morgan fingerprint density at radius 3 is 2.35 bits per heavy atom. The summed E-state index contributed by atoms with van der Waals surface area (Å²) in [7, 11) is 0. The third-order valence-corrected chi connectivity index (χ3v) is 5.28. The molecule has 0 saturated carbocycles. The fourth-order valence-electron chi connectivity index (χ4n) is 3.37. The van der Waals surface area contributed by atoms with E-state index < -0.39 is 29.5 Å². The zero-order valence-corrected chi connectivity index (χ0v) is 17.9. The number of rotatable bonds is 4. The van der Waals surface area contributed by atoms with E-state index in [1.165, 1.54) is 59.3 Å². The molecule has 0 bridgehead atoms. The molecule has 0 spiro atoms. The molecule has 2 heterocycles. The fourth-order valence-corrected chi connectivity index (χ4v) is 3.65. The number of nitrogens with zero attached hydrogens (tertiary/aromatic N) is 2. The van der Waals surface area contributed by atoms with Crippen LogP contribution in [-0.4, -0.2) is 32.6 Å². The number of carboxylic acid groups (broad SMARTS) is 1. The van der Waals surface area contributed by atoms with E-state index in [-0.39, 0.29) is 33.3 Å². The van der Waals surface area contributed by atoms with Gasteiger partial charge in [0.15, 0.2) is 5.11 Å². The smallest absolute Gasteiger partial charge is 0.416 e. The second-order valence-corrected chi connectivity index (χ2v) is 7.55. The molecule has 4 rings (SSSR count). The van der Waals surface area contributed by atoms with Crippen molar-refractivity contribution in [2.24, 2.45) is 0 Å². The Balaban J connectivity index is 1.72. The summed E-state index contributed by atoms with van der Waals surface area (Å²) in [5, 5.41) is 11.3. The highest BCUT2D eigenvalue weighted by Gasteiger charge is 2.35. The summed E-state index contributed by atoms with van der Waals surface area (Å²) in [6, 6.07) is 13.0. The summed E-state index contributed by atoms with van der Waals surface area (Å²) in [4.78, 5) is 37.8. The standard InChI is InChI=1S/C23H14F3N3O4S/c24-23(25,26)14-3-1-4-16(11-14)28-10-2-5-17(28)12-18-19(30)27-22(34)29(20(18)31)15-8-6-13(7-9-15)21(32)33/h1-12H,(H,32,33)(H,27,30,34)/b18-12+. The van der Waals surface area contributed by atoms with Crippen molar-refractivity contribution in [1.82, 2.24) is 9.88 Å². The topological polar surface area (TPSA) is 91.6 Å². The molecule has 2 amide bonds. The number of carbonyl (C=O) groups is 3. The number of thiocarbonyl (C=S) groups is 1. The van der Waals surface area contributed by atoms with Gasteiger partial charge in [0, 0.05) is 17.6 Å². The second-order valence-electron chi connectivity index (χ2n) is 7.16. The molecule has 1 aromatic heterocycles. The lowest BCUT2D eigenvalue weighted by Crippen LogP contribution is -2.54. The maximum absolute atomic E-state index is 13.2. The summed E-state index contributed by atoms with van der Waals surface area (Å²) in [5.41, 5.74) is -0.441. The highest BCUT2D eigenvalue weighted by Crippen LogP contribution is 2.31. The van der Waals surface area contributed by atoms with Crippen molar-refractivity contribution >= 4 is 46.9 Å². The molecule has 2 aromatic carbocycles. The van der Waals surface area contributed by atoms with Crippen molar-refractivity contribution in [2.45, 2.75) is 6.18 Å². The van der Waals surface area contributed by atoms with Crippen LogP contribution in [0.3, 0.4) is 0 Å². The van der Waals surface area contributed by atoms with Crippen LogP contribution in [-0.2, 0) is 15.8 Å². The monoisotopic (exact) mass is 485 g/mol. The molecule has 0 unspecified atom stereocenters. The van der Waals surface area contributed by atoms with Crippen molar-refractivity contribution in [3.8, 4) is 5.69 Å². The van der Waals surface area contributed by atoms with Crippen LogP contribution in [0.5, 0.6) is 0 Å². The summed E-state index contributed by atoms with van der Waals surface area (Å²) in [6.07, 6.45) is -1.79. The third-order valence-electron chi connectivity index (χ3n) is 5.00. The van der Waals surface area contributed by atoms with E-state index in [2.05, 4.69) is 5.32 Å². The lowest BCUT2D eigenvalue weighted by atomic mass is 10.1. The Morgan fingerprint density at radius 1 is 1.00 bits per heavy atom. The molecule has 7 nitrogen and oxygen atoms in total. The van der Waals surface area contributed by atoms with E-state index in [0.717, 1.165) is 17.0 Å². The molecule has 1 saturated heterocycles. The minimum Gasteiger partial charge on any atom is -0.478 e. The number of hydrogen-bond donors (Lipinski definition) is 2. The van der Waals surface area contributed by atoms with Gasteiger partial charge in [0.1, 0.15) is 5.57 Å². The molecule has 2 N–H and O–H groups in total. The zero-order chi connectivity index (χ0) is 24.6. The number of alkyl halides is 3. The number of nitrogens with one attached hydrogen (secondary N) is 1. The number of carbonyl (C=O) groups excluding carboxylic acids is 2. The van der Waals surface area contributed by atoms with Crippen molar-refractivity contribution in [3.63, 3.8) is 0 Å². The van der Waals surface area contributed by atoms with E-state index in [0.29, 0.717) is 0 Å². The average molecular weight is 485 g/mol. The molecule has 0 atom stereocenters. The Hall–Kier alpha value is -4.25. The van der Waals surface area contributed by atoms with Crippen molar-refractivity contribution in [1.29, 1.82) is 0 Å². The van der Waals surface area contributed by atoms with Crippen LogP contribution in [0.15, 0.2) is 72.4 Å². The summed E-state index contributed by atoms with van der Waals surface area (Å²) < 4.78 is 40.8. The largest absolute Gasteiger partial charge is 0.478 e. The number of hydrogen-bond acceptors (Lipinski definition) is 4. The quantitative estimate of drug-likeness (QED) is 0.331. The minimum atomic E-state index is -4.53. The van der Waals surface area contributed by atoms with Crippen LogP contribution in [0.1, 0.15) is 21.6 Å². The molecule has 1 aliphatic rings. The number of carboxylic acids is 1. The number of benzene rings is 2. The van der Waals surface area contributed by atoms with Gasteiger partial charge in [-0.05, 0) is 72.9 Å². The van der Waals surface area contributed by atoms with E-state index in [1.807, 2.05) is 0 Å².